The Balaban J connectivity index is 1.88. The summed E-state index contributed by atoms with van der Waals surface area (Å²) < 4.78 is 0. The molecule has 1 aromatic rings. The standard InChI is InChI=1S/C21H33NO/c1-16-10-11-17(2)20(13-16)21(23,19-8-4-3-5-9-19)14-18-7-6-12-22-15-18/h6-7,12,15-17,19-20,23H,3-5,8-11,13-14H2,1-2H3. The maximum atomic E-state index is 12.0. The van der Waals surface area contributed by atoms with E-state index in [0.29, 0.717) is 17.8 Å². The molecule has 4 unspecified atom stereocenters. The predicted molar refractivity (Wildman–Crippen MR) is 95.1 cm³/mol. The third-order valence-corrected chi connectivity index (χ3v) is 6.62. The molecule has 3 rings (SSSR count). The van der Waals surface area contributed by atoms with Crippen LogP contribution in [0.2, 0.25) is 0 Å². The molecular formula is C21H33NO. The predicted octanol–water partition coefficient (Wildman–Crippen LogP) is 5.01. The summed E-state index contributed by atoms with van der Waals surface area (Å²) in [7, 11) is 0. The number of rotatable bonds is 4. The first-order valence-electron chi connectivity index (χ1n) is 9.71. The van der Waals surface area contributed by atoms with Crippen molar-refractivity contribution in [2.24, 2.45) is 23.7 Å². The van der Waals surface area contributed by atoms with Gasteiger partial charge in [0.15, 0.2) is 0 Å². The van der Waals surface area contributed by atoms with Crippen LogP contribution in [-0.2, 0) is 6.42 Å². The Kier molecular flexibility index (Phi) is 5.41. The molecule has 128 valence electrons. The van der Waals surface area contributed by atoms with E-state index in [1.165, 1.54) is 56.9 Å². The summed E-state index contributed by atoms with van der Waals surface area (Å²) in [6, 6.07) is 4.14. The van der Waals surface area contributed by atoms with Crippen LogP contribution in [0.5, 0.6) is 0 Å². The Bertz CT molecular complexity index is 482. The van der Waals surface area contributed by atoms with Crippen molar-refractivity contribution in [2.75, 3.05) is 0 Å². The van der Waals surface area contributed by atoms with Gasteiger partial charge in [-0.1, -0.05) is 52.0 Å². The monoisotopic (exact) mass is 315 g/mol. The van der Waals surface area contributed by atoms with Crippen molar-refractivity contribution >= 4 is 0 Å². The first-order valence-corrected chi connectivity index (χ1v) is 9.71. The zero-order valence-electron chi connectivity index (χ0n) is 14.9. The smallest absolute Gasteiger partial charge is 0.0747 e. The lowest BCUT2D eigenvalue weighted by Crippen LogP contribution is -2.51. The van der Waals surface area contributed by atoms with Crippen molar-refractivity contribution in [3.63, 3.8) is 0 Å². The zero-order chi connectivity index (χ0) is 16.3. The molecule has 1 aromatic heterocycles. The molecule has 0 spiro atoms. The van der Waals surface area contributed by atoms with Crippen molar-refractivity contribution < 1.29 is 5.11 Å². The van der Waals surface area contributed by atoms with E-state index in [1.54, 1.807) is 0 Å². The normalized spacial score (nSPS) is 32.4. The first kappa shape index (κ1) is 17.0. The molecule has 1 N–H and O–H groups in total. The lowest BCUT2D eigenvalue weighted by Gasteiger charge is -2.49. The van der Waals surface area contributed by atoms with Crippen molar-refractivity contribution in [2.45, 2.75) is 77.2 Å². The van der Waals surface area contributed by atoms with Gasteiger partial charge in [0.1, 0.15) is 0 Å². The molecule has 0 aromatic carbocycles. The molecule has 4 atom stereocenters. The summed E-state index contributed by atoms with van der Waals surface area (Å²) in [5.74, 6) is 2.29. The minimum absolute atomic E-state index is 0.439. The highest BCUT2D eigenvalue weighted by Gasteiger charge is 2.47. The number of nitrogens with zero attached hydrogens (tertiary/aromatic N) is 1. The van der Waals surface area contributed by atoms with Gasteiger partial charge in [-0.15, -0.1) is 0 Å². The number of hydrogen-bond donors (Lipinski definition) is 1. The lowest BCUT2D eigenvalue weighted by atomic mass is 9.60. The van der Waals surface area contributed by atoms with Crippen LogP contribution in [0.3, 0.4) is 0 Å². The Labute approximate surface area is 141 Å². The van der Waals surface area contributed by atoms with Crippen molar-refractivity contribution in [3.8, 4) is 0 Å². The second-order valence-electron chi connectivity index (χ2n) is 8.37. The molecule has 23 heavy (non-hydrogen) atoms. The summed E-state index contributed by atoms with van der Waals surface area (Å²) in [6.07, 6.45) is 14.7. The Morgan fingerprint density at radius 3 is 2.61 bits per heavy atom. The number of pyridine rings is 1. The zero-order valence-corrected chi connectivity index (χ0v) is 14.9. The number of aromatic nitrogens is 1. The summed E-state index contributed by atoms with van der Waals surface area (Å²) in [5, 5.41) is 12.0. The van der Waals surface area contributed by atoms with Gasteiger partial charge in [0, 0.05) is 18.8 Å². The van der Waals surface area contributed by atoms with Crippen molar-refractivity contribution in [1.82, 2.24) is 4.98 Å². The fourth-order valence-corrected chi connectivity index (χ4v) is 5.24. The molecule has 1 heterocycles. The Hall–Kier alpha value is -0.890. The van der Waals surface area contributed by atoms with Crippen molar-refractivity contribution in [3.05, 3.63) is 30.1 Å². The first-order chi connectivity index (χ1) is 11.1. The van der Waals surface area contributed by atoms with Gasteiger partial charge in [0.05, 0.1) is 5.60 Å². The topological polar surface area (TPSA) is 33.1 Å². The van der Waals surface area contributed by atoms with Crippen LogP contribution in [0.15, 0.2) is 24.5 Å². The summed E-state index contributed by atoms with van der Waals surface area (Å²) >= 11 is 0. The maximum Gasteiger partial charge on any atom is 0.0747 e. The SMILES string of the molecule is CC1CCC(C)C(C(O)(Cc2cccnc2)C2CCCCC2)C1. The van der Waals surface area contributed by atoms with E-state index >= 15 is 0 Å². The molecule has 0 saturated heterocycles. The second-order valence-corrected chi connectivity index (χ2v) is 8.37. The van der Waals surface area contributed by atoms with E-state index in [-0.39, 0.29) is 0 Å². The van der Waals surface area contributed by atoms with Crippen LogP contribution in [-0.4, -0.2) is 15.7 Å². The van der Waals surface area contributed by atoms with Gasteiger partial charge in [-0.25, -0.2) is 0 Å². The van der Waals surface area contributed by atoms with Crippen LogP contribution in [0, 0.1) is 23.7 Å². The Morgan fingerprint density at radius 1 is 1.13 bits per heavy atom. The van der Waals surface area contributed by atoms with Gasteiger partial charge < -0.3 is 5.11 Å². The van der Waals surface area contributed by atoms with E-state index < -0.39 is 5.60 Å². The van der Waals surface area contributed by atoms with Gasteiger partial charge in [-0.2, -0.15) is 0 Å². The van der Waals surface area contributed by atoms with E-state index in [0.717, 1.165) is 12.3 Å². The molecule has 0 aliphatic heterocycles. The van der Waals surface area contributed by atoms with Gasteiger partial charge in [-0.05, 0) is 54.6 Å². The average molecular weight is 316 g/mol. The molecule has 2 fully saturated rings. The third kappa shape index (κ3) is 3.79. The lowest BCUT2D eigenvalue weighted by molar-refractivity contribution is -0.113. The van der Waals surface area contributed by atoms with Gasteiger partial charge in [-0.3, -0.25) is 4.98 Å². The van der Waals surface area contributed by atoms with E-state index in [9.17, 15) is 5.11 Å². The van der Waals surface area contributed by atoms with E-state index in [2.05, 4.69) is 24.9 Å². The van der Waals surface area contributed by atoms with E-state index in [1.807, 2.05) is 18.5 Å². The average Bonchev–Trinajstić information content (AvgIpc) is 2.58. The molecular weight excluding hydrogens is 282 g/mol. The molecule has 2 saturated carbocycles. The fourth-order valence-electron chi connectivity index (χ4n) is 5.24. The highest BCUT2D eigenvalue weighted by atomic mass is 16.3. The molecule has 2 nitrogen and oxygen atoms in total. The molecule has 0 amide bonds. The third-order valence-electron chi connectivity index (χ3n) is 6.62. The number of hydrogen-bond acceptors (Lipinski definition) is 2. The molecule has 0 radical (unpaired) electrons. The Morgan fingerprint density at radius 2 is 1.91 bits per heavy atom. The maximum absolute atomic E-state index is 12.0. The van der Waals surface area contributed by atoms with Crippen molar-refractivity contribution in [1.29, 1.82) is 0 Å². The molecule has 0 bridgehead atoms. The number of aliphatic hydroxyl groups is 1. The van der Waals surface area contributed by atoms with Crippen LogP contribution in [0.4, 0.5) is 0 Å². The van der Waals surface area contributed by atoms with Crippen LogP contribution in [0.25, 0.3) is 0 Å². The van der Waals surface area contributed by atoms with Crippen LogP contribution in [0.1, 0.15) is 70.8 Å². The molecule has 2 aliphatic rings. The highest BCUT2D eigenvalue weighted by Crippen LogP contribution is 2.47. The summed E-state index contributed by atoms with van der Waals surface area (Å²) in [4.78, 5) is 4.28. The minimum atomic E-state index is -0.544. The van der Waals surface area contributed by atoms with Gasteiger partial charge >= 0.3 is 0 Å². The summed E-state index contributed by atoms with van der Waals surface area (Å²) in [6.45, 7) is 4.73. The minimum Gasteiger partial charge on any atom is -0.389 e. The quantitative estimate of drug-likeness (QED) is 0.847. The highest BCUT2D eigenvalue weighted by molar-refractivity contribution is 5.14. The fraction of sp³-hybridized carbons (Fsp3) is 0.762. The molecule has 2 heteroatoms. The van der Waals surface area contributed by atoms with Gasteiger partial charge in [0.2, 0.25) is 0 Å². The largest absolute Gasteiger partial charge is 0.389 e. The van der Waals surface area contributed by atoms with Gasteiger partial charge in [0.25, 0.3) is 0 Å². The summed E-state index contributed by atoms with van der Waals surface area (Å²) in [5.41, 5.74) is 0.656. The van der Waals surface area contributed by atoms with E-state index in [4.69, 9.17) is 0 Å². The second kappa shape index (κ2) is 7.34. The van der Waals surface area contributed by atoms with Crippen LogP contribution >= 0.6 is 0 Å². The molecule has 2 aliphatic carbocycles. The van der Waals surface area contributed by atoms with Crippen LogP contribution < -0.4 is 0 Å².